The highest BCUT2D eigenvalue weighted by atomic mass is 32.2. The Morgan fingerprint density at radius 3 is 2.65 bits per heavy atom. The number of ether oxygens (including phenoxy) is 2. The number of aliphatic hydroxyl groups is 1. The molecule has 0 aromatic carbocycles. The third kappa shape index (κ3) is 2.97. The number of hydrogen-bond acceptors (Lipinski definition) is 6. The van der Waals surface area contributed by atoms with Gasteiger partial charge in [-0.15, -0.1) is 0 Å². The SMILES string of the molecule is O=C(OCC12CC3CC(C1)OC(O)C(C3)C2)C(F)(F)S(=O)(=O)O. The number of carbonyl (C=O) groups is 1. The van der Waals surface area contributed by atoms with E-state index in [4.69, 9.17) is 9.29 Å². The maximum atomic E-state index is 13.2. The van der Waals surface area contributed by atoms with Gasteiger partial charge in [0.15, 0.2) is 6.29 Å². The smallest absolute Gasteiger partial charge is 0.460 e. The molecular formula is C13H18F2O7S. The molecule has 0 amide bonds. The van der Waals surface area contributed by atoms with Gasteiger partial charge in [-0.3, -0.25) is 4.55 Å². The number of aliphatic hydroxyl groups excluding tert-OH is 1. The van der Waals surface area contributed by atoms with Crippen LogP contribution in [0.5, 0.6) is 0 Å². The Labute approximate surface area is 131 Å². The topological polar surface area (TPSA) is 110 Å². The number of hydrogen-bond donors (Lipinski definition) is 2. The summed E-state index contributed by atoms with van der Waals surface area (Å²) in [4.78, 5) is 11.4. The normalized spacial score (nSPS) is 40.0. The fourth-order valence-electron chi connectivity index (χ4n) is 4.34. The van der Waals surface area contributed by atoms with E-state index in [9.17, 15) is 27.1 Å². The maximum absolute atomic E-state index is 13.2. The van der Waals surface area contributed by atoms with Gasteiger partial charge in [0.1, 0.15) is 0 Å². The van der Waals surface area contributed by atoms with Crippen molar-refractivity contribution in [1.82, 2.24) is 0 Å². The van der Waals surface area contributed by atoms with Gasteiger partial charge in [-0.1, -0.05) is 0 Å². The average Bonchev–Trinajstić information content (AvgIpc) is 2.57. The average molecular weight is 356 g/mol. The highest BCUT2D eigenvalue weighted by molar-refractivity contribution is 7.87. The van der Waals surface area contributed by atoms with Crippen molar-refractivity contribution in [3.8, 4) is 0 Å². The van der Waals surface area contributed by atoms with Crippen molar-refractivity contribution in [2.75, 3.05) is 6.61 Å². The van der Waals surface area contributed by atoms with Gasteiger partial charge in [0.25, 0.3) is 0 Å². The summed E-state index contributed by atoms with van der Waals surface area (Å²) >= 11 is 0. The number of fused-ring (bicyclic) bond motifs is 1. The summed E-state index contributed by atoms with van der Waals surface area (Å²) in [6.45, 7) is -0.378. The minimum Gasteiger partial charge on any atom is -0.460 e. The minimum absolute atomic E-state index is 0.151. The molecule has 4 rings (SSSR count). The maximum Gasteiger partial charge on any atom is 0.465 e. The molecule has 2 saturated heterocycles. The Morgan fingerprint density at radius 1 is 1.30 bits per heavy atom. The molecule has 23 heavy (non-hydrogen) atoms. The van der Waals surface area contributed by atoms with Crippen LogP contribution in [0.4, 0.5) is 8.78 Å². The lowest BCUT2D eigenvalue weighted by atomic mass is 9.59. The van der Waals surface area contributed by atoms with E-state index in [0.29, 0.717) is 19.3 Å². The zero-order valence-electron chi connectivity index (χ0n) is 12.2. The molecule has 5 atom stereocenters. The van der Waals surface area contributed by atoms with Crippen molar-refractivity contribution in [3.05, 3.63) is 0 Å². The van der Waals surface area contributed by atoms with E-state index in [1.54, 1.807) is 0 Å². The number of halogens is 2. The van der Waals surface area contributed by atoms with Gasteiger partial charge < -0.3 is 14.6 Å². The summed E-state index contributed by atoms with van der Waals surface area (Å²) in [5.41, 5.74) is -0.598. The van der Waals surface area contributed by atoms with Gasteiger partial charge in [0.2, 0.25) is 0 Å². The van der Waals surface area contributed by atoms with E-state index >= 15 is 0 Å². The van der Waals surface area contributed by atoms with Crippen molar-refractivity contribution in [2.24, 2.45) is 17.3 Å². The molecule has 4 fully saturated rings. The van der Waals surface area contributed by atoms with Crippen LogP contribution in [0.25, 0.3) is 0 Å². The van der Waals surface area contributed by atoms with Gasteiger partial charge in [-0.2, -0.15) is 17.2 Å². The molecule has 2 heterocycles. The molecule has 0 aromatic rings. The second kappa shape index (κ2) is 5.33. The molecular weight excluding hydrogens is 338 g/mol. The molecule has 5 unspecified atom stereocenters. The molecule has 4 aliphatic rings. The lowest BCUT2D eigenvalue weighted by molar-refractivity contribution is -0.168. The second-order valence-corrected chi connectivity index (χ2v) is 8.39. The van der Waals surface area contributed by atoms with Crippen molar-refractivity contribution in [2.45, 2.75) is 49.8 Å². The Morgan fingerprint density at radius 2 is 2.00 bits per heavy atom. The summed E-state index contributed by atoms with van der Waals surface area (Å²) in [6.07, 6.45) is 1.98. The van der Waals surface area contributed by atoms with Crippen molar-refractivity contribution < 1.29 is 41.1 Å². The molecule has 2 saturated carbocycles. The summed E-state index contributed by atoms with van der Waals surface area (Å²) < 4.78 is 66.1. The fourth-order valence-corrected chi connectivity index (χ4v) is 4.61. The van der Waals surface area contributed by atoms with Crippen LogP contribution in [0.3, 0.4) is 0 Å². The van der Waals surface area contributed by atoms with E-state index in [-0.39, 0.29) is 24.5 Å². The van der Waals surface area contributed by atoms with Crippen molar-refractivity contribution in [3.63, 3.8) is 0 Å². The number of alkyl halides is 2. The van der Waals surface area contributed by atoms with Gasteiger partial charge in [-0.05, 0) is 38.0 Å². The first-order valence-electron chi connectivity index (χ1n) is 7.38. The third-order valence-electron chi connectivity index (χ3n) is 5.12. The Kier molecular flexibility index (Phi) is 3.94. The fraction of sp³-hybridized carbons (Fsp3) is 0.923. The van der Waals surface area contributed by atoms with Crippen molar-refractivity contribution >= 4 is 16.1 Å². The zero-order valence-corrected chi connectivity index (χ0v) is 13.0. The molecule has 2 N–H and O–H groups in total. The monoisotopic (exact) mass is 356 g/mol. The van der Waals surface area contributed by atoms with Crippen LogP contribution in [0.1, 0.15) is 32.1 Å². The lowest BCUT2D eigenvalue weighted by Crippen LogP contribution is -2.45. The second-order valence-electron chi connectivity index (χ2n) is 6.93. The zero-order chi connectivity index (χ0) is 17.0. The summed E-state index contributed by atoms with van der Waals surface area (Å²) in [5, 5.41) is 4.98. The molecule has 4 bridgehead atoms. The van der Waals surface area contributed by atoms with Crippen molar-refractivity contribution in [1.29, 1.82) is 0 Å². The van der Waals surface area contributed by atoms with Gasteiger partial charge in [0.05, 0.1) is 12.7 Å². The van der Waals surface area contributed by atoms with E-state index < -0.39 is 33.0 Å². The van der Waals surface area contributed by atoms with Crippen LogP contribution in [-0.4, -0.2) is 48.3 Å². The molecule has 132 valence electrons. The summed E-state index contributed by atoms with van der Waals surface area (Å²) in [5.74, 6) is -2.18. The molecule has 0 aromatic heterocycles. The first-order valence-corrected chi connectivity index (χ1v) is 8.82. The quantitative estimate of drug-likeness (QED) is 0.569. The summed E-state index contributed by atoms with van der Waals surface area (Å²) in [6, 6.07) is 0. The van der Waals surface area contributed by atoms with Crippen LogP contribution in [0, 0.1) is 17.3 Å². The van der Waals surface area contributed by atoms with Crippen LogP contribution in [0.15, 0.2) is 0 Å². The van der Waals surface area contributed by atoms with E-state index in [0.717, 1.165) is 12.8 Å². The van der Waals surface area contributed by atoms with Gasteiger partial charge in [0, 0.05) is 11.3 Å². The van der Waals surface area contributed by atoms with E-state index in [1.165, 1.54) is 0 Å². The molecule has 7 nitrogen and oxygen atoms in total. The highest BCUT2D eigenvalue weighted by Gasteiger charge is 2.56. The predicted octanol–water partition coefficient (Wildman–Crippen LogP) is 0.924. The number of carbonyl (C=O) groups excluding carboxylic acids is 1. The van der Waals surface area contributed by atoms with Crippen LogP contribution < -0.4 is 0 Å². The van der Waals surface area contributed by atoms with Gasteiger partial charge >= 0.3 is 21.3 Å². The molecule has 10 heteroatoms. The van der Waals surface area contributed by atoms with Crippen LogP contribution in [-0.2, 0) is 24.4 Å². The van der Waals surface area contributed by atoms with Crippen LogP contribution in [0.2, 0.25) is 0 Å². The first kappa shape index (κ1) is 17.0. The molecule has 2 aliphatic carbocycles. The molecule has 0 radical (unpaired) electrons. The Bertz CT molecular complexity index is 607. The first-order chi connectivity index (χ1) is 10.5. The number of esters is 1. The lowest BCUT2D eigenvalue weighted by Gasteiger charge is -2.46. The Hall–Kier alpha value is -0.840. The highest BCUT2D eigenvalue weighted by Crippen LogP contribution is 2.55. The van der Waals surface area contributed by atoms with E-state index in [1.807, 2.05) is 0 Å². The van der Waals surface area contributed by atoms with Crippen LogP contribution >= 0.6 is 0 Å². The molecule has 2 aliphatic heterocycles. The predicted molar refractivity (Wildman–Crippen MR) is 70.8 cm³/mol. The number of rotatable bonds is 4. The Balaban J connectivity index is 1.72. The standard InChI is InChI=1S/C13H18F2O7S/c14-13(15,23(18,19)20)11(17)21-6-12-3-7-1-8(4-12)10(16)22-9(2-7)5-12/h7-10,16H,1-6H2,(H,18,19,20). The van der Waals surface area contributed by atoms with E-state index in [2.05, 4.69) is 4.74 Å². The van der Waals surface area contributed by atoms with Gasteiger partial charge in [-0.25, -0.2) is 4.79 Å². The largest absolute Gasteiger partial charge is 0.465 e. The minimum atomic E-state index is -5.87. The third-order valence-corrected chi connectivity index (χ3v) is 5.93. The summed E-state index contributed by atoms with van der Waals surface area (Å²) in [7, 11) is -5.87. The molecule has 0 spiro atoms.